The zero-order valence-electron chi connectivity index (χ0n) is 83.7. The predicted octanol–water partition coefficient (Wildman–Crippen LogP) is 25.7. The highest BCUT2D eigenvalue weighted by Crippen LogP contribution is 2.53. The maximum Gasteiger partial charge on any atom is 0.212 e. The molecule has 0 aliphatic heterocycles. The Morgan fingerprint density at radius 3 is 0.843 bits per heavy atom. The molecule has 5 heterocycles. The minimum Gasteiger partial charge on any atom is -0.201 e. The number of aryl methyl sites for hydroxylation is 15. The van der Waals surface area contributed by atoms with Gasteiger partial charge in [-0.2, -0.15) is 0 Å². The first-order valence-corrected chi connectivity index (χ1v) is 43.2. The van der Waals surface area contributed by atoms with Crippen molar-refractivity contribution in [1.29, 1.82) is 0 Å². The molecule has 0 bridgehead atoms. The van der Waals surface area contributed by atoms with Gasteiger partial charge in [0, 0.05) is 94.7 Å². The van der Waals surface area contributed by atoms with Crippen molar-refractivity contribution < 1.29 is 31.1 Å². The fourth-order valence-electron chi connectivity index (χ4n) is 19.7. The van der Waals surface area contributed by atoms with Gasteiger partial charge in [-0.25, -0.2) is 22.8 Å². The number of hydrogen-bond donors (Lipinski definition) is 0. The van der Waals surface area contributed by atoms with Crippen molar-refractivity contribution in [2.24, 2.45) is 35.2 Å². The van der Waals surface area contributed by atoms with Crippen LogP contribution in [0.3, 0.4) is 0 Å². The van der Waals surface area contributed by atoms with Crippen LogP contribution in [0.2, 0.25) is 0 Å². The highest BCUT2D eigenvalue weighted by molar-refractivity contribution is 5.70. The average molecular weight is 1550 g/mol. The fraction of sp³-hybridized carbons (Fsp3) is 0.500. The Kier molecular flexibility index (Phi) is 21.8. The van der Waals surface area contributed by atoms with E-state index in [1.165, 1.54) is 181 Å². The summed E-state index contributed by atoms with van der Waals surface area (Å²) in [6.45, 7) is 60.8. The molecule has 5 aliphatic carbocycles. The normalized spacial score (nSPS) is 19.6. The Morgan fingerprint density at radius 1 is 0.217 bits per heavy atom. The molecule has 5 nitrogen and oxygen atoms in total. The van der Waals surface area contributed by atoms with Crippen LogP contribution >= 0.6 is 0 Å². The van der Waals surface area contributed by atoms with Crippen molar-refractivity contribution in [2.45, 2.75) is 326 Å². The summed E-state index contributed by atoms with van der Waals surface area (Å²) in [6, 6.07) is 44.2. The van der Waals surface area contributed by atoms with Gasteiger partial charge in [0.05, 0.1) is 0 Å². The number of nitrogens with zero attached hydrogens (tertiary/aromatic N) is 5. The second-order valence-electron chi connectivity index (χ2n) is 42.8. The lowest BCUT2D eigenvalue weighted by molar-refractivity contribution is -0.661. The first kappa shape index (κ1) is 79.3. The maximum absolute atomic E-state index is 7.64. The molecular weight excluding hydrogens is 1390 g/mol. The van der Waals surface area contributed by atoms with E-state index in [1.807, 2.05) is 30.7 Å². The number of pyridine rings is 5. The van der Waals surface area contributed by atoms with Gasteiger partial charge in [-0.3, -0.25) is 0 Å². The van der Waals surface area contributed by atoms with Crippen molar-refractivity contribution in [3.63, 3.8) is 0 Å². The third kappa shape index (κ3) is 17.9. The van der Waals surface area contributed by atoms with Crippen LogP contribution in [0.25, 0.3) is 56.3 Å². The van der Waals surface area contributed by atoms with Gasteiger partial charge in [-0.15, -0.1) is 0 Å². The van der Waals surface area contributed by atoms with Gasteiger partial charge in [-0.05, 0) is 319 Å². The molecule has 0 saturated heterocycles. The molecule has 610 valence electrons. The Balaban J connectivity index is 0.000000148. The largest absolute Gasteiger partial charge is 0.212 e. The second-order valence-corrected chi connectivity index (χ2v) is 42.8. The van der Waals surface area contributed by atoms with Crippen molar-refractivity contribution >= 4 is 0 Å². The first-order valence-electron chi connectivity index (χ1n) is 46.2. The topological polar surface area (TPSA) is 19.4 Å². The van der Waals surface area contributed by atoms with Crippen LogP contribution in [0.4, 0.5) is 0 Å². The minimum atomic E-state index is -2.08. The summed E-state index contributed by atoms with van der Waals surface area (Å²) in [4.78, 5) is 0. The molecule has 0 saturated carbocycles. The third-order valence-corrected chi connectivity index (χ3v) is 28.7. The summed E-state index contributed by atoms with van der Waals surface area (Å²) in [5, 5.41) is 0. The van der Waals surface area contributed by atoms with Crippen LogP contribution in [0.15, 0.2) is 152 Å². The molecule has 0 spiro atoms. The van der Waals surface area contributed by atoms with E-state index < -0.39 is 13.7 Å². The Morgan fingerprint density at radius 2 is 0.496 bits per heavy atom. The molecule has 10 aromatic rings. The molecule has 0 fully saturated rings. The summed E-state index contributed by atoms with van der Waals surface area (Å²) >= 11 is 0. The first-order chi connectivity index (χ1) is 55.5. The van der Waals surface area contributed by atoms with Crippen molar-refractivity contribution in [2.75, 3.05) is 0 Å². The summed E-state index contributed by atoms with van der Waals surface area (Å²) < 4.78 is 56.7. The molecule has 0 amide bonds. The fourth-order valence-corrected chi connectivity index (χ4v) is 19.7. The summed E-state index contributed by atoms with van der Waals surface area (Å²) in [7, 11) is 10.5. The van der Waals surface area contributed by atoms with Crippen molar-refractivity contribution in [1.82, 2.24) is 0 Å². The van der Waals surface area contributed by atoms with Crippen LogP contribution < -0.4 is 22.8 Å². The lowest BCUT2D eigenvalue weighted by Crippen LogP contribution is -2.40. The molecule has 5 aromatic carbocycles. The van der Waals surface area contributed by atoms with Gasteiger partial charge in [0.15, 0.2) is 31.0 Å². The highest BCUT2D eigenvalue weighted by Gasteiger charge is 2.44. The molecule has 5 heteroatoms. The Labute approximate surface area is 708 Å². The summed E-state index contributed by atoms with van der Waals surface area (Å²) in [6.07, 6.45) is 22.9. The van der Waals surface area contributed by atoms with Gasteiger partial charge in [0.2, 0.25) is 28.5 Å². The molecule has 0 radical (unpaired) electrons. The van der Waals surface area contributed by atoms with Gasteiger partial charge in [0.25, 0.3) is 0 Å². The van der Waals surface area contributed by atoms with Gasteiger partial charge in [-0.1, -0.05) is 180 Å². The van der Waals surface area contributed by atoms with E-state index in [4.69, 9.17) is 8.22 Å². The van der Waals surface area contributed by atoms with E-state index in [1.54, 1.807) is 41.1 Å². The van der Waals surface area contributed by atoms with E-state index in [0.717, 1.165) is 22.5 Å². The molecular formula is C110H150N5+5. The SMILES string of the molecule is Cc1cc(-c2cc3c(cc2C)C(C)(C)CCC3(C)C)[n+](C)cc1C.Cc1cc2c(cc1-c1cccc[n+]1C)C(C)(C)CCC2(C)C.Cc1ccc(-c2cc3c(cc2C)C(C)(C)CCC3(C)C)[n+](C)c1.[2H]C([2H])([2H])c1ccc(-c2cc3c(c[n+]2C)C(C)(C)CCC3(C)C)c(C)c1.[2H]C([2H])([2H])c1ccc(-c2cc3c(cc2C)C(C)(C)CCC3(C)C)[n+](C)c1. The van der Waals surface area contributed by atoms with E-state index in [2.05, 4.69) is 349 Å². The summed E-state index contributed by atoms with van der Waals surface area (Å²) in [5.41, 5.74) is 41.0. The number of fused-ring (bicyclic) bond motifs is 5. The number of rotatable bonds is 5. The van der Waals surface area contributed by atoms with Crippen LogP contribution in [0.5, 0.6) is 0 Å². The van der Waals surface area contributed by atoms with Crippen LogP contribution in [0.1, 0.15) is 322 Å². The molecule has 0 N–H and O–H groups in total. The maximum atomic E-state index is 7.64. The van der Waals surface area contributed by atoms with Crippen LogP contribution in [0, 0.1) is 69.1 Å². The zero-order chi connectivity index (χ0) is 90.0. The van der Waals surface area contributed by atoms with Gasteiger partial charge < -0.3 is 0 Å². The number of benzene rings is 5. The standard InChI is InChI=1S/C23H32N.3C22H30N.C21H28N/c1-15-12-21(24(8)14-17(15)3)18-13-20-19(11-16(18)2)22(4,5)9-10-23(20,6)7;2*1-15-8-9-20(23(7)14-15)17-13-19-18(12-16(17)2)21(3,4)10-11-22(19,5)6;1-15-8-9-17(16(2)12-15)20-13-18-19(14-23(20)7)22(5,6)11-10-21(18,3)4;1-15-13-17-18(21(4,5)11-10-20(17,2)3)14-16(15)19-9-7-8-12-22(19)6/h11-14H,9-10H2,1-8H3;3*8-9,12-14H,10-11H2,1-7H3;7-9,12-14H,10-11H2,1-6H3/q5*+1/i;1D3;;1D3;. The average Bonchev–Trinajstić information content (AvgIpc) is 0.758. The minimum absolute atomic E-state index is 0.153. The monoisotopic (exact) mass is 1550 g/mol. The van der Waals surface area contributed by atoms with Crippen LogP contribution in [-0.2, 0) is 89.4 Å². The van der Waals surface area contributed by atoms with E-state index >= 15 is 0 Å². The quantitative estimate of drug-likeness (QED) is 0.153. The number of aromatic nitrogens is 5. The Hall–Kier alpha value is -8.15. The molecule has 115 heavy (non-hydrogen) atoms. The van der Waals surface area contributed by atoms with Gasteiger partial charge in [0.1, 0.15) is 35.2 Å². The second kappa shape index (κ2) is 31.6. The molecule has 0 atom stereocenters. The molecule has 0 unspecified atom stereocenters. The molecule has 5 aliphatic rings. The van der Waals surface area contributed by atoms with E-state index in [9.17, 15) is 0 Å². The predicted molar refractivity (Wildman–Crippen MR) is 489 cm³/mol. The van der Waals surface area contributed by atoms with Crippen LogP contribution in [-0.4, -0.2) is 0 Å². The molecule has 5 aromatic heterocycles. The smallest absolute Gasteiger partial charge is 0.201 e. The lowest BCUT2D eigenvalue weighted by atomic mass is 9.62. The Bertz CT molecular complexity index is 5480. The summed E-state index contributed by atoms with van der Waals surface area (Å²) in [5.74, 6) is 0. The van der Waals surface area contributed by atoms with Crippen molar-refractivity contribution in [3.8, 4) is 56.3 Å². The lowest BCUT2D eigenvalue weighted by Gasteiger charge is -2.42. The zero-order valence-corrected chi connectivity index (χ0v) is 77.7. The number of hydrogen-bond acceptors (Lipinski definition) is 0. The van der Waals surface area contributed by atoms with Gasteiger partial charge >= 0.3 is 0 Å². The van der Waals surface area contributed by atoms with Crippen molar-refractivity contribution in [3.05, 3.63) is 264 Å². The molecule has 15 rings (SSSR count). The highest BCUT2D eigenvalue weighted by atomic mass is 14.9. The van der Waals surface area contributed by atoms with E-state index in [-0.39, 0.29) is 54.1 Å². The third-order valence-electron chi connectivity index (χ3n) is 28.7. The van der Waals surface area contributed by atoms with E-state index in [0.29, 0.717) is 11.1 Å².